The molecule has 0 spiro atoms. The third-order valence-corrected chi connectivity index (χ3v) is 2.52. The van der Waals surface area contributed by atoms with Crippen LogP contribution in [0.15, 0.2) is 30.3 Å². The number of halogens is 3. The lowest BCUT2D eigenvalue weighted by atomic mass is 10.1. The van der Waals surface area contributed by atoms with Gasteiger partial charge in [0.25, 0.3) is 5.78 Å². The Morgan fingerprint density at radius 2 is 1.84 bits per heavy atom. The minimum absolute atomic E-state index is 0.177. The summed E-state index contributed by atoms with van der Waals surface area (Å²) in [6, 6.07) is 8.08. The number of carbonyl (C=O) groups excluding carboxylic acids is 1. The van der Waals surface area contributed by atoms with Gasteiger partial charge >= 0.3 is 6.18 Å². The van der Waals surface area contributed by atoms with Crippen molar-refractivity contribution in [3.63, 3.8) is 0 Å². The van der Waals surface area contributed by atoms with Crippen LogP contribution in [0.25, 0.3) is 5.69 Å². The summed E-state index contributed by atoms with van der Waals surface area (Å²) in [6.07, 6.45) is -5.05. The molecule has 1 aromatic carbocycles. The Morgan fingerprint density at radius 1 is 1.26 bits per heavy atom. The van der Waals surface area contributed by atoms with Gasteiger partial charge in [-0.15, -0.1) is 0 Å². The van der Waals surface area contributed by atoms with Crippen molar-refractivity contribution in [3.05, 3.63) is 41.6 Å². The first-order valence-corrected chi connectivity index (χ1v) is 5.28. The number of hydrogen-bond donors (Lipinski definition) is 1. The number of ketones is 1. The van der Waals surface area contributed by atoms with Gasteiger partial charge in [-0.2, -0.15) is 18.3 Å². The average Bonchev–Trinajstić information content (AvgIpc) is 2.64. The predicted octanol–water partition coefficient (Wildman–Crippen LogP) is 2.63. The van der Waals surface area contributed by atoms with Gasteiger partial charge in [-0.05, 0) is 19.1 Å². The highest BCUT2D eigenvalue weighted by Crippen LogP contribution is 2.30. The number of aryl methyl sites for hydroxylation is 1. The molecule has 1 heterocycles. The van der Waals surface area contributed by atoms with Crippen molar-refractivity contribution >= 4 is 5.78 Å². The van der Waals surface area contributed by atoms with Crippen LogP contribution in [0.3, 0.4) is 0 Å². The highest BCUT2D eigenvalue weighted by Gasteiger charge is 2.43. The van der Waals surface area contributed by atoms with Gasteiger partial charge in [0.2, 0.25) is 5.88 Å². The number of carbonyl (C=O) groups is 1. The van der Waals surface area contributed by atoms with Crippen molar-refractivity contribution in [2.45, 2.75) is 13.1 Å². The molecule has 0 atom stereocenters. The zero-order chi connectivity index (χ0) is 14.2. The third-order valence-electron chi connectivity index (χ3n) is 2.52. The van der Waals surface area contributed by atoms with Gasteiger partial charge < -0.3 is 5.11 Å². The summed E-state index contributed by atoms with van der Waals surface area (Å²) < 4.78 is 38.1. The maximum absolute atomic E-state index is 12.4. The molecule has 0 saturated heterocycles. The Kier molecular flexibility index (Phi) is 3.05. The van der Waals surface area contributed by atoms with Crippen molar-refractivity contribution in [1.82, 2.24) is 9.78 Å². The fourth-order valence-electron chi connectivity index (χ4n) is 1.67. The van der Waals surface area contributed by atoms with Gasteiger partial charge in [0, 0.05) is 0 Å². The standard InChI is InChI=1S/C12H9F3N2O2/c1-7-9(10(18)12(13,14)15)11(19)17(16-7)8-5-3-2-4-6-8/h2-6,19H,1H3. The van der Waals surface area contributed by atoms with E-state index in [1.165, 1.54) is 6.92 Å². The molecule has 0 amide bonds. The minimum atomic E-state index is -5.05. The molecule has 0 bridgehead atoms. The van der Waals surface area contributed by atoms with Gasteiger partial charge in [-0.25, -0.2) is 4.68 Å². The first kappa shape index (κ1) is 13.1. The van der Waals surface area contributed by atoms with E-state index in [1.54, 1.807) is 30.3 Å². The number of aromatic hydroxyl groups is 1. The second-order valence-corrected chi connectivity index (χ2v) is 3.86. The van der Waals surface area contributed by atoms with Gasteiger partial charge in [0.15, 0.2) is 0 Å². The number of Topliss-reactive ketones (excluding diaryl/α,β-unsaturated/α-hetero) is 1. The maximum Gasteiger partial charge on any atom is 0.455 e. The fourth-order valence-corrected chi connectivity index (χ4v) is 1.67. The molecule has 0 aliphatic rings. The molecule has 2 rings (SSSR count). The summed E-state index contributed by atoms with van der Waals surface area (Å²) in [5.74, 6) is -2.92. The van der Waals surface area contributed by atoms with Crippen LogP contribution in [0.2, 0.25) is 0 Å². The maximum atomic E-state index is 12.4. The summed E-state index contributed by atoms with van der Waals surface area (Å²) >= 11 is 0. The molecular weight excluding hydrogens is 261 g/mol. The molecule has 0 fully saturated rings. The monoisotopic (exact) mass is 270 g/mol. The van der Waals surface area contributed by atoms with Crippen molar-refractivity contribution in [2.75, 3.05) is 0 Å². The van der Waals surface area contributed by atoms with Gasteiger partial charge in [0.1, 0.15) is 5.56 Å². The van der Waals surface area contributed by atoms with E-state index < -0.39 is 23.4 Å². The van der Waals surface area contributed by atoms with Gasteiger partial charge in [-0.3, -0.25) is 4.79 Å². The molecule has 0 aliphatic carbocycles. The molecule has 100 valence electrons. The number of benzene rings is 1. The van der Waals surface area contributed by atoms with E-state index in [0.717, 1.165) is 4.68 Å². The molecule has 4 nitrogen and oxygen atoms in total. The Morgan fingerprint density at radius 3 is 2.37 bits per heavy atom. The zero-order valence-electron chi connectivity index (χ0n) is 9.77. The molecule has 19 heavy (non-hydrogen) atoms. The topological polar surface area (TPSA) is 55.1 Å². The zero-order valence-corrected chi connectivity index (χ0v) is 9.77. The van der Waals surface area contributed by atoms with Gasteiger partial charge in [-0.1, -0.05) is 18.2 Å². The summed E-state index contributed by atoms with van der Waals surface area (Å²) in [5, 5.41) is 13.5. The molecule has 1 N–H and O–H groups in total. The normalized spacial score (nSPS) is 11.6. The quantitative estimate of drug-likeness (QED) is 0.853. The Balaban J connectivity index is 2.56. The number of alkyl halides is 3. The molecule has 0 radical (unpaired) electrons. The Bertz CT molecular complexity index is 618. The summed E-state index contributed by atoms with van der Waals surface area (Å²) in [5.41, 5.74) is -0.635. The van der Waals surface area contributed by atoms with Crippen LogP contribution in [0.5, 0.6) is 5.88 Å². The fraction of sp³-hybridized carbons (Fsp3) is 0.167. The molecule has 7 heteroatoms. The van der Waals surface area contributed by atoms with E-state index in [4.69, 9.17) is 0 Å². The number of rotatable bonds is 2. The largest absolute Gasteiger partial charge is 0.493 e. The van der Waals surface area contributed by atoms with Crippen LogP contribution in [-0.2, 0) is 0 Å². The smallest absolute Gasteiger partial charge is 0.455 e. The van der Waals surface area contributed by atoms with Crippen LogP contribution in [0, 0.1) is 6.92 Å². The summed E-state index contributed by atoms with van der Waals surface area (Å²) in [4.78, 5) is 11.2. The molecule has 0 aliphatic heterocycles. The van der Waals surface area contributed by atoms with Crippen LogP contribution in [0.1, 0.15) is 16.1 Å². The second-order valence-electron chi connectivity index (χ2n) is 3.86. The van der Waals surface area contributed by atoms with E-state index in [-0.39, 0.29) is 5.69 Å². The van der Waals surface area contributed by atoms with Crippen molar-refractivity contribution in [2.24, 2.45) is 0 Å². The van der Waals surface area contributed by atoms with Crippen molar-refractivity contribution in [1.29, 1.82) is 0 Å². The lowest BCUT2D eigenvalue weighted by Crippen LogP contribution is -2.23. The highest BCUT2D eigenvalue weighted by molar-refractivity contribution is 6.03. The minimum Gasteiger partial charge on any atom is -0.493 e. The van der Waals surface area contributed by atoms with E-state index in [0.29, 0.717) is 5.69 Å². The summed E-state index contributed by atoms with van der Waals surface area (Å²) in [7, 11) is 0. The second kappa shape index (κ2) is 4.42. The van der Waals surface area contributed by atoms with Crippen molar-refractivity contribution in [3.8, 4) is 11.6 Å². The predicted molar refractivity (Wildman–Crippen MR) is 60.4 cm³/mol. The average molecular weight is 270 g/mol. The first-order valence-electron chi connectivity index (χ1n) is 5.28. The molecule has 0 unspecified atom stereocenters. The number of nitrogens with zero attached hydrogens (tertiary/aromatic N) is 2. The number of para-hydroxylation sites is 1. The molecule has 2 aromatic rings. The van der Waals surface area contributed by atoms with Crippen LogP contribution >= 0.6 is 0 Å². The van der Waals surface area contributed by atoms with Crippen LogP contribution < -0.4 is 0 Å². The van der Waals surface area contributed by atoms with Gasteiger partial charge in [0.05, 0.1) is 11.4 Å². The van der Waals surface area contributed by atoms with E-state index in [2.05, 4.69) is 5.10 Å². The van der Waals surface area contributed by atoms with Crippen molar-refractivity contribution < 1.29 is 23.1 Å². The number of aromatic nitrogens is 2. The number of hydrogen-bond acceptors (Lipinski definition) is 3. The van der Waals surface area contributed by atoms with E-state index in [1.807, 2.05) is 0 Å². The van der Waals surface area contributed by atoms with E-state index in [9.17, 15) is 23.1 Å². The molecule has 0 saturated carbocycles. The Labute approximate surface area is 106 Å². The molecule has 1 aromatic heterocycles. The van der Waals surface area contributed by atoms with Crippen LogP contribution in [0.4, 0.5) is 13.2 Å². The highest BCUT2D eigenvalue weighted by atomic mass is 19.4. The molecular formula is C12H9F3N2O2. The van der Waals surface area contributed by atoms with E-state index >= 15 is 0 Å². The SMILES string of the molecule is Cc1nn(-c2ccccc2)c(O)c1C(=O)C(F)(F)F. The first-order chi connectivity index (χ1) is 8.82. The lowest BCUT2D eigenvalue weighted by molar-refractivity contribution is -0.0887. The Hall–Kier alpha value is -2.31. The summed E-state index contributed by atoms with van der Waals surface area (Å²) in [6.45, 7) is 1.23. The third kappa shape index (κ3) is 2.31. The van der Waals surface area contributed by atoms with Crippen LogP contribution in [-0.4, -0.2) is 26.8 Å². The lowest BCUT2D eigenvalue weighted by Gasteiger charge is -2.05.